The molecule has 6 heteroatoms. The Balaban J connectivity index is 2.01. The molecule has 0 aromatic heterocycles. The van der Waals surface area contributed by atoms with Crippen LogP contribution in [-0.4, -0.2) is 24.5 Å². The lowest BCUT2D eigenvalue weighted by atomic mass is 9.67. The fraction of sp³-hybridized carbons (Fsp3) is 0.429. The third-order valence-corrected chi connectivity index (χ3v) is 6.21. The molecule has 146 valence electrons. The van der Waals surface area contributed by atoms with Crippen molar-refractivity contribution < 1.29 is 18.3 Å². The second-order valence-electron chi connectivity index (χ2n) is 7.21. The first-order valence-corrected chi connectivity index (χ1v) is 10.3. The van der Waals surface area contributed by atoms with Crippen LogP contribution in [0.25, 0.3) is 0 Å². The molecule has 0 spiro atoms. The van der Waals surface area contributed by atoms with Crippen molar-refractivity contribution in [3.8, 4) is 0 Å². The highest BCUT2D eigenvalue weighted by Crippen LogP contribution is 2.48. The van der Waals surface area contributed by atoms with E-state index in [1.54, 1.807) is 23.9 Å². The van der Waals surface area contributed by atoms with Gasteiger partial charge in [0.25, 0.3) is 0 Å². The van der Waals surface area contributed by atoms with Crippen LogP contribution in [0.5, 0.6) is 0 Å². The molecule has 0 bridgehead atoms. The molecule has 0 saturated carbocycles. The maximum Gasteiger partial charge on any atom is 0.416 e. The van der Waals surface area contributed by atoms with Crippen LogP contribution in [0.1, 0.15) is 41.5 Å². The van der Waals surface area contributed by atoms with Crippen LogP contribution in [0.3, 0.4) is 0 Å². The van der Waals surface area contributed by atoms with Crippen molar-refractivity contribution in [1.29, 1.82) is 0 Å². The third-order valence-electron chi connectivity index (χ3n) is 5.61. The van der Waals surface area contributed by atoms with Crippen molar-refractivity contribution in [3.63, 3.8) is 0 Å². The Morgan fingerprint density at radius 2 is 1.78 bits per heavy atom. The highest BCUT2D eigenvalue weighted by Gasteiger charge is 2.41. The van der Waals surface area contributed by atoms with Gasteiger partial charge in [-0.3, -0.25) is 0 Å². The summed E-state index contributed by atoms with van der Waals surface area (Å²) in [4.78, 5) is 0. The molecule has 2 aromatic rings. The lowest BCUT2D eigenvalue weighted by Gasteiger charge is -2.36. The highest BCUT2D eigenvalue weighted by molar-refractivity contribution is 7.97. The summed E-state index contributed by atoms with van der Waals surface area (Å²) in [7, 11) is 0. The van der Waals surface area contributed by atoms with E-state index in [0.29, 0.717) is 13.0 Å². The number of para-hydroxylation sites is 1. The smallest absolute Gasteiger partial charge is 0.396 e. The molecule has 2 aromatic carbocycles. The summed E-state index contributed by atoms with van der Waals surface area (Å²) in [6.07, 6.45) is -1.80. The van der Waals surface area contributed by atoms with Crippen molar-refractivity contribution in [2.24, 2.45) is 0 Å². The predicted octanol–water partition coefficient (Wildman–Crippen LogP) is 5.42. The number of anilines is 1. The van der Waals surface area contributed by atoms with Gasteiger partial charge in [-0.2, -0.15) is 24.9 Å². The zero-order valence-corrected chi connectivity index (χ0v) is 16.3. The molecule has 0 saturated heterocycles. The number of aliphatic hydroxyl groups is 1. The fourth-order valence-electron chi connectivity index (χ4n) is 4.08. The SMILES string of the molecule is CSCc1cccc2c1NCC2C(C)(CCO)c1ccc(C(F)(F)F)cc1. The van der Waals surface area contributed by atoms with Gasteiger partial charge in [-0.15, -0.1) is 0 Å². The number of hydrogen-bond acceptors (Lipinski definition) is 3. The van der Waals surface area contributed by atoms with E-state index in [1.807, 2.05) is 13.0 Å². The summed E-state index contributed by atoms with van der Waals surface area (Å²) in [5, 5.41) is 13.2. The van der Waals surface area contributed by atoms with Crippen molar-refractivity contribution in [1.82, 2.24) is 0 Å². The lowest BCUT2D eigenvalue weighted by Crippen LogP contribution is -2.33. The van der Waals surface area contributed by atoms with Gasteiger partial charge in [0, 0.05) is 35.9 Å². The fourth-order valence-corrected chi connectivity index (χ4v) is 4.63. The predicted molar refractivity (Wildman–Crippen MR) is 105 cm³/mol. The molecular formula is C21H24F3NOS. The van der Waals surface area contributed by atoms with E-state index in [9.17, 15) is 18.3 Å². The molecule has 2 nitrogen and oxygen atoms in total. The van der Waals surface area contributed by atoms with E-state index in [1.165, 1.54) is 11.1 Å². The monoisotopic (exact) mass is 395 g/mol. The molecule has 2 N–H and O–H groups in total. The van der Waals surface area contributed by atoms with Crippen molar-refractivity contribution >= 4 is 17.4 Å². The largest absolute Gasteiger partial charge is 0.416 e. The van der Waals surface area contributed by atoms with E-state index >= 15 is 0 Å². The van der Waals surface area contributed by atoms with E-state index in [4.69, 9.17) is 0 Å². The molecule has 27 heavy (non-hydrogen) atoms. The zero-order chi connectivity index (χ0) is 19.7. The second-order valence-corrected chi connectivity index (χ2v) is 8.08. The second kappa shape index (κ2) is 7.76. The average Bonchev–Trinajstić information content (AvgIpc) is 3.07. The number of fused-ring (bicyclic) bond motifs is 1. The molecule has 2 unspecified atom stereocenters. The first-order valence-electron chi connectivity index (χ1n) is 8.94. The van der Waals surface area contributed by atoms with Crippen molar-refractivity contribution in [2.75, 3.05) is 24.7 Å². The van der Waals surface area contributed by atoms with Gasteiger partial charge >= 0.3 is 6.18 Å². The van der Waals surface area contributed by atoms with Gasteiger partial charge in [-0.1, -0.05) is 37.3 Å². The van der Waals surface area contributed by atoms with Crippen LogP contribution >= 0.6 is 11.8 Å². The van der Waals surface area contributed by atoms with Gasteiger partial charge in [0.05, 0.1) is 5.56 Å². The standard InChI is InChI=1S/C21H24F3NOS/c1-20(10-11-26,15-6-8-16(9-7-15)21(22,23)24)18-12-25-19-14(13-27-2)4-3-5-17(18)19/h3-9,18,25-26H,10-13H2,1-2H3. The van der Waals surface area contributed by atoms with Crippen LogP contribution < -0.4 is 5.32 Å². The third kappa shape index (κ3) is 3.83. The number of halogens is 3. The molecule has 1 heterocycles. The van der Waals surface area contributed by atoms with Crippen LogP contribution in [0, 0.1) is 0 Å². The topological polar surface area (TPSA) is 32.3 Å². The number of rotatable bonds is 6. The number of aliphatic hydroxyl groups excluding tert-OH is 1. The number of benzene rings is 2. The van der Waals surface area contributed by atoms with Crippen LogP contribution in [0.2, 0.25) is 0 Å². The summed E-state index contributed by atoms with van der Waals surface area (Å²) in [5.74, 6) is 0.984. The van der Waals surface area contributed by atoms with E-state index in [0.717, 1.165) is 29.1 Å². The van der Waals surface area contributed by atoms with E-state index in [-0.39, 0.29) is 12.5 Å². The number of hydrogen-bond donors (Lipinski definition) is 2. The Labute approximate surface area is 162 Å². The summed E-state index contributed by atoms with van der Waals surface area (Å²) < 4.78 is 38.8. The molecule has 0 radical (unpaired) electrons. The van der Waals surface area contributed by atoms with Crippen LogP contribution in [0.15, 0.2) is 42.5 Å². The van der Waals surface area contributed by atoms with Crippen molar-refractivity contribution in [2.45, 2.75) is 36.6 Å². The number of thioether (sulfide) groups is 1. The van der Waals surface area contributed by atoms with Crippen molar-refractivity contribution in [3.05, 3.63) is 64.7 Å². The number of nitrogens with one attached hydrogen (secondary N) is 1. The van der Waals surface area contributed by atoms with E-state index in [2.05, 4.69) is 23.7 Å². The minimum atomic E-state index is -4.35. The molecule has 0 fully saturated rings. The molecule has 1 aliphatic rings. The molecular weight excluding hydrogens is 371 g/mol. The number of alkyl halides is 3. The van der Waals surface area contributed by atoms with Gasteiger partial charge in [0.15, 0.2) is 0 Å². The Hall–Kier alpha value is -1.66. The minimum Gasteiger partial charge on any atom is -0.396 e. The van der Waals surface area contributed by atoms with Crippen LogP contribution in [0.4, 0.5) is 18.9 Å². The maximum absolute atomic E-state index is 12.9. The zero-order valence-electron chi connectivity index (χ0n) is 15.4. The van der Waals surface area contributed by atoms with Gasteiger partial charge < -0.3 is 10.4 Å². The summed E-state index contributed by atoms with van der Waals surface area (Å²) >= 11 is 1.75. The first-order chi connectivity index (χ1) is 12.8. The van der Waals surface area contributed by atoms with Gasteiger partial charge in [-0.05, 0) is 41.5 Å². The Morgan fingerprint density at radius 3 is 2.37 bits per heavy atom. The quantitative estimate of drug-likeness (QED) is 0.685. The summed E-state index contributed by atoms with van der Waals surface area (Å²) in [6, 6.07) is 11.6. The van der Waals surface area contributed by atoms with E-state index < -0.39 is 17.2 Å². The van der Waals surface area contributed by atoms with Gasteiger partial charge in [-0.25, -0.2) is 0 Å². The minimum absolute atomic E-state index is 0.0200. The average molecular weight is 395 g/mol. The first kappa shape index (κ1) is 20.1. The van der Waals surface area contributed by atoms with Crippen LogP contribution in [-0.2, 0) is 17.3 Å². The molecule has 0 aliphatic carbocycles. The maximum atomic E-state index is 12.9. The molecule has 3 rings (SSSR count). The summed E-state index contributed by atoms with van der Waals surface area (Å²) in [6.45, 7) is 2.72. The van der Waals surface area contributed by atoms with Gasteiger partial charge in [0.1, 0.15) is 0 Å². The Kier molecular flexibility index (Phi) is 5.77. The molecule has 2 atom stereocenters. The normalized spacial score (nSPS) is 18.7. The van der Waals surface area contributed by atoms with Gasteiger partial charge in [0.2, 0.25) is 0 Å². The lowest BCUT2D eigenvalue weighted by molar-refractivity contribution is -0.137. The molecule has 0 amide bonds. The highest BCUT2D eigenvalue weighted by atomic mass is 32.2. The Bertz CT molecular complexity index is 791. The molecule has 1 aliphatic heterocycles. The Morgan fingerprint density at radius 1 is 1.11 bits per heavy atom. The summed E-state index contributed by atoms with van der Waals surface area (Å²) in [5.41, 5.74) is 3.26.